The average molecular weight is 289 g/mol. The van der Waals surface area contributed by atoms with Crippen molar-refractivity contribution >= 4 is 11.6 Å². The van der Waals surface area contributed by atoms with Crippen molar-refractivity contribution in [3.63, 3.8) is 0 Å². The lowest BCUT2D eigenvalue weighted by Gasteiger charge is -1.99. The Morgan fingerprint density at radius 1 is 1.00 bits per heavy atom. The number of benzene rings is 2. The SMILES string of the molecule is Oc1ccc(O)c(-c2nc(-c3ccc(Cl)cc3)no2)c1. The van der Waals surface area contributed by atoms with Crippen molar-refractivity contribution in [2.24, 2.45) is 0 Å². The highest BCUT2D eigenvalue weighted by Gasteiger charge is 2.14. The van der Waals surface area contributed by atoms with E-state index in [0.29, 0.717) is 10.8 Å². The van der Waals surface area contributed by atoms with Crippen LogP contribution >= 0.6 is 11.6 Å². The zero-order valence-electron chi connectivity index (χ0n) is 10.1. The lowest BCUT2D eigenvalue weighted by molar-refractivity contribution is 0.423. The number of phenolic OH excluding ortho intramolecular Hbond substituents is 2. The van der Waals surface area contributed by atoms with Crippen LogP contribution in [-0.4, -0.2) is 20.4 Å². The number of aromatic nitrogens is 2. The molecule has 3 aromatic rings. The third-order valence-corrected chi connectivity index (χ3v) is 2.99. The molecule has 1 heterocycles. The largest absolute Gasteiger partial charge is 0.508 e. The molecule has 0 fully saturated rings. The van der Waals surface area contributed by atoms with Gasteiger partial charge in [0, 0.05) is 10.6 Å². The summed E-state index contributed by atoms with van der Waals surface area (Å²) < 4.78 is 5.11. The second-order valence-corrected chi connectivity index (χ2v) is 4.57. The highest BCUT2D eigenvalue weighted by atomic mass is 35.5. The van der Waals surface area contributed by atoms with Crippen molar-refractivity contribution in [2.45, 2.75) is 0 Å². The van der Waals surface area contributed by atoms with Gasteiger partial charge >= 0.3 is 0 Å². The van der Waals surface area contributed by atoms with E-state index in [4.69, 9.17) is 16.1 Å². The molecule has 100 valence electrons. The van der Waals surface area contributed by atoms with E-state index in [1.807, 2.05) is 0 Å². The number of halogens is 1. The lowest BCUT2D eigenvalue weighted by atomic mass is 10.2. The zero-order valence-corrected chi connectivity index (χ0v) is 10.9. The molecule has 0 aliphatic heterocycles. The quantitative estimate of drug-likeness (QED) is 0.706. The molecule has 0 saturated heterocycles. The summed E-state index contributed by atoms with van der Waals surface area (Å²) in [4.78, 5) is 4.19. The van der Waals surface area contributed by atoms with E-state index in [9.17, 15) is 10.2 Å². The minimum absolute atomic E-state index is 0.00374. The Kier molecular flexibility index (Phi) is 3.04. The number of aromatic hydroxyl groups is 2. The number of rotatable bonds is 2. The highest BCUT2D eigenvalue weighted by molar-refractivity contribution is 6.30. The third kappa shape index (κ3) is 2.31. The van der Waals surface area contributed by atoms with Crippen molar-refractivity contribution in [2.75, 3.05) is 0 Å². The topological polar surface area (TPSA) is 79.4 Å². The minimum Gasteiger partial charge on any atom is -0.508 e. The van der Waals surface area contributed by atoms with Crippen LogP contribution in [0.5, 0.6) is 11.5 Å². The molecule has 0 aliphatic carbocycles. The van der Waals surface area contributed by atoms with Gasteiger partial charge in [-0.05, 0) is 42.5 Å². The van der Waals surface area contributed by atoms with Gasteiger partial charge in [-0.25, -0.2) is 0 Å². The predicted octanol–water partition coefficient (Wildman–Crippen LogP) is 3.47. The summed E-state index contributed by atoms with van der Waals surface area (Å²) in [6, 6.07) is 11.1. The first kappa shape index (κ1) is 12.5. The summed E-state index contributed by atoms with van der Waals surface area (Å²) in [6.07, 6.45) is 0. The van der Waals surface area contributed by atoms with Gasteiger partial charge in [0.25, 0.3) is 5.89 Å². The normalized spacial score (nSPS) is 10.7. The molecular weight excluding hydrogens is 280 g/mol. The van der Waals surface area contributed by atoms with Crippen molar-refractivity contribution in [1.82, 2.24) is 10.1 Å². The molecule has 0 atom stereocenters. The molecule has 0 saturated carbocycles. The van der Waals surface area contributed by atoms with Crippen LogP contribution in [0.1, 0.15) is 0 Å². The van der Waals surface area contributed by atoms with E-state index in [0.717, 1.165) is 5.56 Å². The van der Waals surface area contributed by atoms with E-state index < -0.39 is 0 Å². The van der Waals surface area contributed by atoms with Crippen molar-refractivity contribution in [3.8, 4) is 34.3 Å². The summed E-state index contributed by atoms with van der Waals surface area (Å²) in [7, 11) is 0. The van der Waals surface area contributed by atoms with Crippen LogP contribution < -0.4 is 0 Å². The van der Waals surface area contributed by atoms with Gasteiger partial charge in [-0.1, -0.05) is 16.8 Å². The molecule has 0 radical (unpaired) electrons. The van der Waals surface area contributed by atoms with E-state index >= 15 is 0 Å². The molecule has 1 aromatic heterocycles. The fraction of sp³-hybridized carbons (Fsp3) is 0. The van der Waals surface area contributed by atoms with Gasteiger partial charge in [0.1, 0.15) is 11.5 Å². The van der Waals surface area contributed by atoms with Crippen LogP contribution in [0.3, 0.4) is 0 Å². The second kappa shape index (κ2) is 4.86. The van der Waals surface area contributed by atoms with Crippen LogP contribution in [-0.2, 0) is 0 Å². The van der Waals surface area contributed by atoms with E-state index in [1.165, 1.54) is 18.2 Å². The second-order valence-electron chi connectivity index (χ2n) is 4.13. The van der Waals surface area contributed by atoms with Gasteiger partial charge in [0.2, 0.25) is 5.82 Å². The third-order valence-electron chi connectivity index (χ3n) is 2.74. The monoisotopic (exact) mass is 288 g/mol. The Bertz CT molecular complexity index is 753. The molecule has 5 nitrogen and oxygen atoms in total. The molecule has 0 bridgehead atoms. The van der Waals surface area contributed by atoms with Gasteiger partial charge in [0.15, 0.2) is 0 Å². The maximum absolute atomic E-state index is 9.75. The molecule has 20 heavy (non-hydrogen) atoms. The van der Waals surface area contributed by atoms with E-state index in [1.54, 1.807) is 24.3 Å². The van der Waals surface area contributed by atoms with E-state index in [2.05, 4.69) is 10.1 Å². The molecular formula is C14H9ClN2O3. The van der Waals surface area contributed by atoms with Gasteiger partial charge in [0.05, 0.1) is 5.56 Å². The molecule has 2 aromatic carbocycles. The first-order chi connectivity index (χ1) is 9.63. The minimum atomic E-state index is -0.0471. The molecule has 0 aliphatic rings. The standard InChI is InChI=1S/C14H9ClN2O3/c15-9-3-1-8(2-4-9)13-16-14(20-17-13)11-7-10(18)5-6-12(11)19/h1-7,18-19H. The summed E-state index contributed by atoms with van der Waals surface area (Å²) in [6.45, 7) is 0. The van der Waals surface area contributed by atoms with E-state index in [-0.39, 0.29) is 23.0 Å². The van der Waals surface area contributed by atoms with Gasteiger partial charge in [-0.3, -0.25) is 0 Å². The van der Waals surface area contributed by atoms with Crippen molar-refractivity contribution in [3.05, 3.63) is 47.5 Å². The Labute approximate surface area is 119 Å². The molecule has 2 N–H and O–H groups in total. The molecule has 6 heteroatoms. The van der Waals surface area contributed by atoms with Crippen molar-refractivity contribution in [1.29, 1.82) is 0 Å². The van der Waals surface area contributed by atoms with Gasteiger partial charge < -0.3 is 14.7 Å². The Morgan fingerprint density at radius 2 is 1.75 bits per heavy atom. The summed E-state index contributed by atoms with van der Waals surface area (Å²) in [5.41, 5.74) is 1.02. The van der Waals surface area contributed by atoms with Crippen LogP contribution in [0.25, 0.3) is 22.8 Å². The summed E-state index contributed by atoms with van der Waals surface area (Å²) in [5.74, 6) is 0.459. The van der Waals surface area contributed by atoms with Gasteiger partial charge in [-0.2, -0.15) is 4.98 Å². The Hall–Kier alpha value is -2.53. The highest BCUT2D eigenvalue weighted by Crippen LogP contribution is 2.32. The first-order valence-corrected chi connectivity index (χ1v) is 6.13. The Morgan fingerprint density at radius 3 is 2.50 bits per heavy atom. The van der Waals surface area contributed by atoms with Crippen LogP contribution in [0, 0.1) is 0 Å². The fourth-order valence-corrected chi connectivity index (χ4v) is 1.87. The predicted molar refractivity (Wildman–Crippen MR) is 73.5 cm³/mol. The average Bonchev–Trinajstić information content (AvgIpc) is 2.92. The van der Waals surface area contributed by atoms with Crippen LogP contribution in [0.4, 0.5) is 0 Å². The van der Waals surface area contributed by atoms with Gasteiger partial charge in [-0.15, -0.1) is 0 Å². The molecule has 0 spiro atoms. The number of hydrogen-bond donors (Lipinski definition) is 2. The number of hydrogen-bond acceptors (Lipinski definition) is 5. The van der Waals surface area contributed by atoms with Crippen LogP contribution in [0.15, 0.2) is 47.0 Å². The van der Waals surface area contributed by atoms with Crippen LogP contribution in [0.2, 0.25) is 5.02 Å². The Balaban J connectivity index is 2.01. The first-order valence-electron chi connectivity index (χ1n) is 5.75. The maximum atomic E-state index is 9.75. The lowest BCUT2D eigenvalue weighted by Crippen LogP contribution is -1.82. The molecule has 0 unspecified atom stereocenters. The van der Waals surface area contributed by atoms with Crippen molar-refractivity contribution < 1.29 is 14.7 Å². The number of nitrogens with zero attached hydrogens (tertiary/aromatic N) is 2. The smallest absolute Gasteiger partial charge is 0.262 e. The summed E-state index contributed by atoms with van der Waals surface area (Å²) in [5, 5.41) is 23.6. The maximum Gasteiger partial charge on any atom is 0.262 e. The molecule has 0 amide bonds. The fourth-order valence-electron chi connectivity index (χ4n) is 1.74. The molecule has 3 rings (SSSR count). The zero-order chi connectivity index (χ0) is 14.1. The number of phenols is 2. The summed E-state index contributed by atoms with van der Waals surface area (Å²) >= 11 is 5.81.